The average Bonchev–Trinajstić information content (AvgIpc) is 2.99. The number of rotatable bonds is 3. The molecule has 3 rings (SSSR count). The number of nitrogens with zero attached hydrogens (tertiary/aromatic N) is 5. The molecule has 0 radical (unpaired) electrons. The summed E-state index contributed by atoms with van der Waals surface area (Å²) in [6.07, 6.45) is 1.38. The number of imidazole rings is 1. The lowest BCUT2D eigenvalue weighted by Crippen LogP contribution is -2.19. The van der Waals surface area contributed by atoms with Crippen molar-refractivity contribution in [3.05, 3.63) is 18.5 Å². The molecule has 0 fully saturated rings. The van der Waals surface area contributed by atoms with Crippen LogP contribution >= 0.6 is 7.60 Å². The van der Waals surface area contributed by atoms with Gasteiger partial charge in [0.25, 0.3) is 0 Å². The number of fused-ring (bicyclic) bond motifs is 1. The van der Waals surface area contributed by atoms with Gasteiger partial charge in [-0.1, -0.05) is 20.8 Å². The van der Waals surface area contributed by atoms with Gasteiger partial charge in [-0.15, -0.1) is 0 Å². The van der Waals surface area contributed by atoms with Gasteiger partial charge in [0, 0.05) is 13.6 Å². The number of aromatic nitrogens is 5. The molecule has 0 unspecified atom stereocenters. The van der Waals surface area contributed by atoms with Crippen molar-refractivity contribution in [3.8, 4) is 11.5 Å². The minimum atomic E-state index is -4.38. The van der Waals surface area contributed by atoms with E-state index in [-0.39, 0.29) is 16.7 Å². The fourth-order valence-corrected chi connectivity index (χ4v) is 3.56. The van der Waals surface area contributed by atoms with Gasteiger partial charge < -0.3 is 24.7 Å². The first-order valence-corrected chi connectivity index (χ1v) is 9.29. The van der Waals surface area contributed by atoms with E-state index in [1.165, 1.54) is 17.0 Å². The second-order valence-electron chi connectivity index (χ2n) is 7.19. The molecule has 3 aromatic rings. The largest absolute Gasteiger partial charge is 0.382 e. The van der Waals surface area contributed by atoms with Crippen molar-refractivity contribution < 1.29 is 14.4 Å². The Balaban J connectivity index is 2.30. The molecular formula is C15H21N6O3P. The zero-order valence-corrected chi connectivity index (χ0v) is 15.4. The molecule has 0 amide bonds. The molecule has 0 aliphatic carbocycles. The van der Waals surface area contributed by atoms with Crippen LogP contribution < -0.4 is 11.2 Å². The zero-order valence-electron chi connectivity index (χ0n) is 14.5. The molecule has 3 heterocycles. The summed E-state index contributed by atoms with van der Waals surface area (Å²) in [7, 11) is -2.79. The Kier molecular flexibility index (Phi) is 3.98. The van der Waals surface area contributed by atoms with Crippen molar-refractivity contribution in [1.29, 1.82) is 0 Å². The maximum Gasteiger partial charge on any atom is 0.372 e. The van der Waals surface area contributed by atoms with Crippen molar-refractivity contribution in [3.63, 3.8) is 0 Å². The summed E-state index contributed by atoms with van der Waals surface area (Å²) >= 11 is 0. The second-order valence-corrected chi connectivity index (χ2v) is 8.74. The van der Waals surface area contributed by atoms with E-state index in [9.17, 15) is 14.4 Å². The molecule has 0 saturated carbocycles. The fraction of sp³-hybridized carbons (Fsp3) is 0.400. The molecule has 0 aliphatic heterocycles. The SMILES string of the molecule is Cn1c(-c2nc3c(N)ncnc3n2CC(C)(C)C)ccc1P(=O)(O)O. The van der Waals surface area contributed by atoms with Crippen LogP contribution in [0, 0.1) is 5.41 Å². The zero-order chi connectivity index (χ0) is 18.6. The van der Waals surface area contributed by atoms with Crippen molar-refractivity contribution >= 4 is 30.0 Å². The topological polar surface area (TPSA) is 132 Å². The van der Waals surface area contributed by atoms with E-state index < -0.39 is 7.60 Å². The van der Waals surface area contributed by atoms with Crippen molar-refractivity contribution in [2.45, 2.75) is 27.3 Å². The highest BCUT2D eigenvalue weighted by molar-refractivity contribution is 7.60. The molecule has 0 aromatic carbocycles. The maximum absolute atomic E-state index is 11.6. The fourth-order valence-electron chi connectivity index (χ4n) is 2.79. The van der Waals surface area contributed by atoms with Crippen LogP contribution in [0.25, 0.3) is 22.7 Å². The molecule has 134 valence electrons. The Morgan fingerprint density at radius 1 is 1.24 bits per heavy atom. The standard InChI is InChI=1S/C15H21N6O3P/c1-15(2,3)7-21-13(19-11-12(16)17-8-18-14(11)21)9-5-6-10(20(9)4)25(22,23)24/h5-6,8H,7H2,1-4H3,(H2,16,17,18)(H2,22,23,24). The third-order valence-corrected chi connectivity index (χ3v) is 4.86. The van der Waals surface area contributed by atoms with Gasteiger partial charge in [-0.25, -0.2) is 15.0 Å². The molecule has 0 bridgehead atoms. The van der Waals surface area contributed by atoms with Gasteiger partial charge in [0.05, 0.1) is 5.69 Å². The van der Waals surface area contributed by atoms with Gasteiger partial charge in [0.2, 0.25) is 0 Å². The molecule has 10 heteroatoms. The van der Waals surface area contributed by atoms with Crippen LogP contribution in [0.1, 0.15) is 20.8 Å². The highest BCUT2D eigenvalue weighted by Gasteiger charge is 2.26. The molecule has 0 atom stereocenters. The first-order chi connectivity index (χ1) is 11.5. The monoisotopic (exact) mass is 364 g/mol. The van der Waals surface area contributed by atoms with Crippen LogP contribution in [0.4, 0.5) is 5.82 Å². The van der Waals surface area contributed by atoms with E-state index in [4.69, 9.17) is 5.73 Å². The van der Waals surface area contributed by atoms with Gasteiger partial charge >= 0.3 is 7.60 Å². The smallest absolute Gasteiger partial charge is 0.372 e. The summed E-state index contributed by atoms with van der Waals surface area (Å²) in [6.45, 7) is 6.85. The number of anilines is 1. The van der Waals surface area contributed by atoms with Crippen LogP contribution in [-0.4, -0.2) is 33.9 Å². The summed E-state index contributed by atoms with van der Waals surface area (Å²) in [5.74, 6) is 0.808. The molecular weight excluding hydrogens is 343 g/mol. The molecule has 25 heavy (non-hydrogen) atoms. The van der Waals surface area contributed by atoms with E-state index in [0.717, 1.165) is 0 Å². The van der Waals surface area contributed by atoms with Gasteiger partial charge in [-0.2, -0.15) is 0 Å². The Bertz CT molecular complexity index is 995. The maximum atomic E-state index is 11.6. The number of nitrogen functional groups attached to an aromatic ring is 1. The molecule has 9 nitrogen and oxygen atoms in total. The van der Waals surface area contributed by atoms with Gasteiger partial charge in [-0.3, -0.25) is 4.57 Å². The van der Waals surface area contributed by atoms with Crippen molar-refractivity contribution in [2.75, 3.05) is 5.73 Å². The minimum Gasteiger partial charge on any atom is -0.382 e. The second kappa shape index (κ2) is 5.66. The molecule has 0 saturated heterocycles. The van der Waals surface area contributed by atoms with E-state index in [0.29, 0.717) is 29.2 Å². The molecule has 4 N–H and O–H groups in total. The number of hydrogen-bond donors (Lipinski definition) is 3. The number of nitrogens with two attached hydrogens (primary N) is 1. The lowest BCUT2D eigenvalue weighted by molar-refractivity contribution is 0.349. The summed E-state index contributed by atoms with van der Waals surface area (Å²) in [4.78, 5) is 31.8. The van der Waals surface area contributed by atoms with E-state index >= 15 is 0 Å². The third kappa shape index (κ3) is 3.18. The van der Waals surface area contributed by atoms with E-state index in [1.54, 1.807) is 13.1 Å². The first kappa shape index (κ1) is 17.6. The number of hydrogen-bond acceptors (Lipinski definition) is 5. The van der Waals surface area contributed by atoms with Gasteiger partial charge in [-0.05, 0) is 17.5 Å². The van der Waals surface area contributed by atoms with E-state index in [1.807, 2.05) is 4.57 Å². The lowest BCUT2D eigenvalue weighted by Gasteiger charge is -2.21. The summed E-state index contributed by atoms with van der Waals surface area (Å²) < 4.78 is 15.0. The summed E-state index contributed by atoms with van der Waals surface area (Å²) in [5, 5.41) is 0. The van der Waals surface area contributed by atoms with Gasteiger partial charge in [0.15, 0.2) is 22.8 Å². The molecule has 0 aliphatic rings. The van der Waals surface area contributed by atoms with E-state index in [2.05, 4.69) is 35.7 Å². The highest BCUT2D eigenvalue weighted by atomic mass is 31.2. The summed E-state index contributed by atoms with van der Waals surface area (Å²) in [5.41, 5.74) is 7.43. The predicted octanol–water partition coefficient (Wildman–Crippen LogP) is 1.26. The highest BCUT2D eigenvalue weighted by Crippen LogP contribution is 2.36. The lowest BCUT2D eigenvalue weighted by atomic mass is 9.97. The first-order valence-electron chi connectivity index (χ1n) is 7.68. The Morgan fingerprint density at radius 2 is 1.92 bits per heavy atom. The van der Waals surface area contributed by atoms with Crippen LogP contribution in [0.15, 0.2) is 18.5 Å². The minimum absolute atomic E-state index is 0.0701. The van der Waals surface area contributed by atoms with Crippen LogP contribution in [0.3, 0.4) is 0 Å². The Labute approximate surface area is 144 Å². The molecule has 0 spiro atoms. The quantitative estimate of drug-likeness (QED) is 0.596. The summed E-state index contributed by atoms with van der Waals surface area (Å²) in [6, 6.07) is 3.05. The van der Waals surface area contributed by atoms with Crippen LogP contribution in [0.2, 0.25) is 0 Å². The average molecular weight is 364 g/mol. The van der Waals surface area contributed by atoms with Gasteiger partial charge in [0.1, 0.15) is 11.8 Å². The van der Waals surface area contributed by atoms with Crippen LogP contribution in [-0.2, 0) is 18.2 Å². The van der Waals surface area contributed by atoms with Crippen LogP contribution in [0.5, 0.6) is 0 Å². The normalized spacial score (nSPS) is 12.9. The Morgan fingerprint density at radius 3 is 2.48 bits per heavy atom. The van der Waals surface area contributed by atoms with Crippen molar-refractivity contribution in [2.24, 2.45) is 12.5 Å². The third-order valence-electron chi connectivity index (χ3n) is 3.82. The van der Waals surface area contributed by atoms with Crippen molar-refractivity contribution in [1.82, 2.24) is 24.1 Å². The Hall–Kier alpha value is -2.22. The predicted molar refractivity (Wildman–Crippen MR) is 95.3 cm³/mol. The molecule has 3 aromatic heterocycles.